The Morgan fingerprint density at radius 2 is 1.71 bits per heavy atom. The lowest BCUT2D eigenvalue weighted by molar-refractivity contribution is -0.130. The molecule has 2 rings (SSSR count). The van der Waals surface area contributed by atoms with Gasteiger partial charge in [0.1, 0.15) is 5.60 Å². The van der Waals surface area contributed by atoms with Gasteiger partial charge in [0.05, 0.1) is 0 Å². The van der Waals surface area contributed by atoms with E-state index in [9.17, 15) is 9.59 Å². The zero-order valence-corrected chi connectivity index (χ0v) is 19.8. The molecule has 2 saturated heterocycles. The number of hydrogen-bond donors (Lipinski definition) is 1. The highest BCUT2D eigenvalue weighted by molar-refractivity contribution is 14.0. The van der Waals surface area contributed by atoms with Gasteiger partial charge < -0.3 is 25.2 Å². The minimum absolute atomic E-state index is 0. The third kappa shape index (κ3) is 8.40. The van der Waals surface area contributed by atoms with Gasteiger partial charge in [0.25, 0.3) is 0 Å². The molecule has 0 radical (unpaired) electrons. The minimum atomic E-state index is -0.483. The van der Waals surface area contributed by atoms with Crippen LogP contribution in [0.4, 0.5) is 4.79 Å². The standard InChI is InChI=1S/C19H35N5O3.HI/c1-19(2,3)27-18(26)24-14-12-23(13-15-24)17(20)21-9-7-11-22-10-6-4-5-8-16(22)25;/h4-15H2,1-3H3,(H2,20,21);1H. The molecule has 0 atom stereocenters. The van der Waals surface area contributed by atoms with Crippen molar-refractivity contribution in [2.45, 2.75) is 58.5 Å². The zero-order chi connectivity index (χ0) is 19.9. The first-order valence-electron chi connectivity index (χ1n) is 10.1. The maximum Gasteiger partial charge on any atom is 0.410 e. The second-order valence-corrected chi connectivity index (χ2v) is 8.24. The van der Waals surface area contributed by atoms with E-state index in [-0.39, 0.29) is 36.0 Å². The number of rotatable bonds is 4. The molecule has 9 heteroatoms. The van der Waals surface area contributed by atoms with Crippen molar-refractivity contribution >= 4 is 41.9 Å². The lowest BCUT2D eigenvalue weighted by Crippen LogP contribution is -2.53. The summed E-state index contributed by atoms with van der Waals surface area (Å²) in [5.74, 6) is 0.781. The molecule has 162 valence electrons. The van der Waals surface area contributed by atoms with Gasteiger partial charge in [-0.15, -0.1) is 24.0 Å². The average Bonchev–Trinajstić information content (AvgIpc) is 2.81. The zero-order valence-electron chi connectivity index (χ0n) is 17.5. The summed E-state index contributed by atoms with van der Waals surface area (Å²) in [5.41, 5.74) is 5.62. The van der Waals surface area contributed by atoms with Crippen molar-refractivity contribution in [1.29, 1.82) is 0 Å². The average molecular weight is 509 g/mol. The lowest BCUT2D eigenvalue weighted by atomic mass is 10.2. The first kappa shape index (κ1) is 24.8. The fourth-order valence-corrected chi connectivity index (χ4v) is 3.27. The summed E-state index contributed by atoms with van der Waals surface area (Å²) in [5, 5.41) is 0. The number of aliphatic imine (C=N–C) groups is 1. The summed E-state index contributed by atoms with van der Waals surface area (Å²) in [6, 6.07) is 0. The molecule has 0 spiro atoms. The fourth-order valence-electron chi connectivity index (χ4n) is 3.27. The van der Waals surface area contributed by atoms with Gasteiger partial charge in [-0.2, -0.15) is 0 Å². The van der Waals surface area contributed by atoms with E-state index in [1.165, 1.54) is 0 Å². The van der Waals surface area contributed by atoms with Crippen LogP contribution in [0, 0.1) is 0 Å². The molecule has 2 amide bonds. The maximum atomic E-state index is 12.1. The Hall–Kier alpha value is -1.26. The third-order valence-electron chi connectivity index (χ3n) is 4.79. The topological polar surface area (TPSA) is 91.5 Å². The second kappa shape index (κ2) is 11.7. The van der Waals surface area contributed by atoms with Crippen LogP contribution in [0.3, 0.4) is 0 Å². The highest BCUT2D eigenvalue weighted by Crippen LogP contribution is 2.13. The Kier molecular flexibility index (Phi) is 10.3. The van der Waals surface area contributed by atoms with Crippen LogP contribution in [0.15, 0.2) is 4.99 Å². The number of halogens is 1. The molecular weight excluding hydrogens is 473 g/mol. The molecule has 0 unspecified atom stereocenters. The first-order valence-corrected chi connectivity index (χ1v) is 10.1. The number of nitrogens with two attached hydrogens (primary N) is 1. The van der Waals surface area contributed by atoms with Gasteiger partial charge in [-0.05, 0) is 40.0 Å². The van der Waals surface area contributed by atoms with Crippen LogP contribution < -0.4 is 5.73 Å². The van der Waals surface area contributed by atoms with Crippen LogP contribution in [0.1, 0.15) is 52.9 Å². The summed E-state index contributed by atoms with van der Waals surface area (Å²) >= 11 is 0. The summed E-state index contributed by atoms with van der Waals surface area (Å²) < 4.78 is 5.40. The normalized spacial score (nSPS) is 19.2. The van der Waals surface area contributed by atoms with Crippen LogP contribution in [0.25, 0.3) is 0 Å². The number of amides is 2. The molecule has 0 aromatic carbocycles. The quantitative estimate of drug-likeness (QED) is 0.272. The Bertz CT molecular complexity index is 542. The number of piperazine rings is 1. The Labute approximate surface area is 185 Å². The Balaban J connectivity index is 0.00000392. The van der Waals surface area contributed by atoms with Crippen molar-refractivity contribution in [2.75, 3.05) is 45.8 Å². The van der Waals surface area contributed by atoms with E-state index in [1.807, 2.05) is 30.6 Å². The smallest absolute Gasteiger partial charge is 0.410 e. The first-order chi connectivity index (χ1) is 12.8. The predicted octanol–water partition coefficient (Wildman–Crippen LogP) is 2.26. The Morgan fingerprint density at radius 1 is 1.07 bits per heavy atom. The summed E-state index contributed by atoms with van der Waals surface area (Å²) in [4.78, 5) is 34.2. The fraction of sp³-hybridized carbons (Fsp3) is 0.842. The van der Waals surface area contributed by atoms with E-state index in [0.717, 1.165) is 38.8 Å². The van der Waals surface area contributed by atoms with Gasteiger partial charge >= 0.3 is 6.09 Å². The van der Waals surface area contributed by atoms with E-state index in [0.29, 0.717) is 45.1 Å². The van der Waals surface area contributed by atoms with Gasteiger partial charge in [-0.3, -0.25) is 9.79 Å². The van der Waals surface area contributed by atoms with Crippen LogP contribution >= 0.6 is 24.0 Å². The van der Waals surface area contributed by atoms with E-state index >= 15 is 0 Å². The molecule has 2 aliphatic rings. The molecule has 0 aromatic rings. The SMILES string of the molecule is CC(C)(C)OC(=O)N1CCN(C(N)=NCCCN2CCCCCC2=O)CC1.I. The van der Waals surface area contributed by atoms with Crippen molar-refractivity contribution in [1.82, 2.24) is 14.7 Å². The van der Waals surface area contributed by atoms with E-state index < -0.39 is 5.60 Å². The van der Waals surface area contributed by atoms with Crippen LogP contribution in [0.2, 0.25) is 0 Å². The van der Waals surface area contributed by atoms with Gasteiger partial charge in [-0.1, -0.05) is 6.42 Å². The number of likely N-dealkylation sites (tertiary alicyclic amines) is 1. The van der Waals surface area contributed by atoms with Crippen molar-refractivity contribution in [3.05, 3.63) is 0 Å². The monoisotopic (exact) mass is 509 g/mol. The van der Waals surface area contributed by atoms with Gasteiger partial charge in [-0.25, -0.2) is 4.79 Å². The van der Waals surface area contributed by atoms with Crippen molar-refractivity contribution in [3.63, 3.8) is 0 Å². The summed E-state index contributed by atoms with van der Waals surface area (Å²) in [6.07, 6.45) is 4.47. The van der Waals surface area contributed by atoms with Crippen LogP contribution in [-0.2, 0) is 9.53 Å². The van der Waals surface area contributed by atoms with Crippen LogP contribution in [-0.4, -0.2) is 84.1 Å². The minimum Gasteiger partial charge on any atom is -0.444 e. The number of ether oxygens (including phenoxy) is 1. The largest absolute Gasteiger partial charge is 0.444 e. The molecule has 2 N–H and O–H groups in total. The number of nitrogens with zero attached hydrogens (tertiary/aromatic N) is 4. The molecule has 2 heterocycles. The van der Waals surface area contributed by atoms with Gasteiger partial charge in [0.15, 0.2) is 5.96 Å². The molecule has 28 heavy (non-hydrogen) atoms. The van der Waals surface area contributed by atoms with E-state index in [1.54, 1.807) is 4.90 Å². The van der Waals surface area contributed by atoms with E-state index in [4.69, 9.17) is 10.5 Å². The van der Waals surface area contributed by atoms with Crippen LogP contribution in [0.5, 0.6) is 0 Å². The number of guanidine groups is 1. The third-order valence-corrected chi connectivity index (χ3v) is 4.79. The summed E-state index contributed by atoms with van der Waals surface area (Å²) in [6.45, 7) is 10.3. The second-order valence-electron chi connectivity index (χ2n) is 8.24. The van der Waals surface area contributed by atoms with Gasteiger partial charge in [0, 0.05) is 52.2 Å². The molecule has 0 bridgehead atoms. The molecule has 8 nitrogen and oxygen atoms in total. The number of hydrogen-bond acceptors (Lipinski definition) is 4. The molecule has 0 aromatic heterocycles. The number of carbonyl (C=O) groups is 2. The number of carbonyl (C=O) groups excluding carboxylic acids is 2. The van der Waals surface area contributed by atoms with Crippen molar-refractivity contribution in [3.8, 4) is 0 Å². The van der Waals surface area contributed by atoms with Crippen molar-refractivity contribution in [2.24, 2.45) is 10.7 Å². The molecule has 2 aliphatic heterocycles. The maximum absolute atomic E-state index is 12.1. The highest BCUT2D eigenvalue weighted by Gasteiger charge is 2.26. The highest BCUT2D eigenvalue weighted by atomic mass is 127. The summed E-state index contributed by atoms with van der Waals surface area (Å²) in [7, 11) is 0. The van der Waals surface area contributed by atoms with Gasteiger partial charge in [0.2, 0.25) is 5.91 Å². The molecule has 2 fully saturated rings. The molecule has 0 aliphatic carbocycles. The van der Waals surface area contributed by atoms with E-state index in [2.05, 4.69) is 4.99 Å². The van der Waals surface area contributed by atoms with Crippen molar-refractivity contribution < 1.29 is 14.3 Å². The molecular formula is C19H36IN5O3. The lowest BCUT2D eigenvalue weighted by Gasteiger charge is -2.36. The predicted molar refractivity (Wildman–Crippen MR) is 121 cm³/mol. The Morgan fingerprint density at radius 3 is 2.36 bits per heavy atom. The molecule has 0 saturated carbocycles.